The number of fused-ring (bicyclic) bond motifs is 12. The van der Waals surface area contributed by atoms with E-state index in [4.69, 9.17) is 8.83 Å². The lowest BCUT2D eigenvalue weighted by Crippen LogP contribution is -2.24. The maximum atomic E-state index is 6.75. The van der Waals surface area contributed by atoms with Gasteiger partial charge in [0, 0.05) is 38.7 Å². The molecule has 4 heteroatoms. The van der Waals surface area contributed by atoms with Crippen LogP contribution in [0.3, 0.4) is 0 Å². The van der Waals surface area contributed by atoms with E-state index in [0.717, 1.165) is 108 Å². The van der Waals surface area contributed by atoms with Crippen molar-refractivity contribution in [2.75, 3.05) is 9.80 Å². The molecule has 2 aromatic heterocycles. The first-order valence-corrected chi connectivity index (χ1v) is 44.3. The minimum atomic E-state index is -0.312. The fraction of sp³-hybridized carbons (Fsp3) is 0.157. The quantitative estimate of drug-likeness (QED) is 0.0958. The molecule has 0 N–H and O–H groups in total. The summed E-state index contributed by atoms with van der Waals surface area (Å²) < 4.78 is 13.4. The van der Waals surface area contributed by atoms with Crippen LogP contribution >= 0.6 is 0 Å². The largest absolute Gasteiger partial charge is 0.456 e. The topological polar surface area (TPSA) is 32.8 Å². The number of hydrogen-bond donors (Lipinski definition) is 0. The molecule has 1 atom stereocenters. The molecule has 1 aliphatic carbocycles. The lowest BCUT2D eigenvalue weighted by Gasteiger charge is -2.34. The molecule has 0 saturated heterocycles. The van der Waals surface area contributed by atoms with E-state index in [9.17, 15) is 0 Å². The third-order valence-electron chi connectivity index (χ3n) is 26.9. The summed E-state index contributed by atoms with van der Waals surface area (Å²) in [5.41, 5.74) is 28.7. The van der Waals surface area contributed by atoms with Crippen molar-refractivity contribution in [2.45, 2.75) is 123 Å². The van der Waals surface area contributed by atoms with Crippen molar-refractivity contribution in [3.05, 3.63) is 415 Å². The van der Waals surface area contributed by atoms with Crippen molar-refractivity contribution in [3.8, 4) is 55.6 Å². The summed E-state index contributed by atoms with van der Waals surface area (Å²) in [4.78, 5) is 5.00. The highest BCUT2D eigenvalue weighted by atomic mass is 16.3. The number of furan rings is 2. The third kappa shape index (κ3) is 13.9. The lowest BCUT2D eigenvalue weighted by molar-refractivity contribution is 0.519. The Morgan fingerprint density at radius 2 is 0.712 bits per heavy atom. The molecular weight excluding hydrogens is 1510 g/mol. The first-order valence-electron chi connectivity index (χ1n) is 44.3. The standard InChI is InChI=1S/C121H102N2O2/c1-117(2,3)86-69-83(70-87(74-86)118(4,5)6)94-46-24-34-78-36-27-51-102(113(78)94)100-42-16-20-53-106(100)123(108-55-31-59-112-116(108)104-44-18-22-57-110(104)125-112)91-40-23-38-81(73-91)92-45-29-49-97-96-48-28-39-82(93(96)62-63-98(92)97)76-120(10,11)89-72-84(71-88(75-89)119(7,8)9)95-47-25-35-79-37-26-50-101(114(79)95)99-41-15-19-52-105(99)122(107-54-30-58-111-115(107)103-43-17-21-56-109(103)124-111)90-64-66-121(12,67-65-90)85-61-60-77-32-13-14-33-80(77)68-85/h13-66,68-75H,67,76H2,1-12H3. The zero-order valence-electron chi connectivity index (χ0n) is 73.4. The maximum Gasteiger partial charge on any atom is 0.137 e. The second kappa shape index (κ2) is 30.2. The molecule has 0 spiro atoms. The highest BCUT2D eigenvalue weighted by molar-refractivity contribution is 6.18. The molecule has 0 fully saturated rings. The number of anilines is 5. The zero-order valence-corrected chi connectivity index (χ0v) is 73.4. The molecule has 0 radical (unpaired) electrons. The lowest BCUT2D eigenvalue weighted by atomic mass is 9.74. The van der Waals surface area contributed by atoms with E-state index in [0.29, 0.717) is 0 Å². The fourth-order valence-electron chi connectivity index (χ4n) is 20.0. The molecule has 1 unspecified atom stereocenters. The number of benzene rings is 18. The molecule has 0 saturated carbocycles. The van der Waals surface area contributed by atoms with Gasteiger partial charge in [0.15, 0.2) is 0 Å². The second-order valence-corrected chi connectivity index (χ2v) is 38.7. The number of nitrogens with zero attached hydrogens (tertiary/aromatic N) is 2. The van der Waals surface area contributed by atoms with Crippen LogP contribution in [0.4, 0.5) is 28.4 Å². The summed E-state index contributed by atoms with van der Waals surface area (Å²) in [6.45, 7) is 28.4. The van der Waals surface area contributed by atoms with Crippen LogP contribution in [0, 0.1) is 0 Å². The molecule has 4 nitrogen and oxygen atoms in total. The van der Waals surface area contributed by atoms with Gasteiger partial charge in [0.1, 0.15) is 22.3 Å². The van der Waals surface area contributed by atoms with E-state index < -0.39 is 0 Å². The highest BCUT2D eigenvalue weighted by Gasteiger charge is 2.34. The van der Waals surface area contributed by atoms with Crippen molar-refractivity contribution < 1.29 is 8.83 Å². The Balaban J connectivity index is 0.655. The van der Waals surface area contributed by atoms with Crippen LogP contribution in [0.2, 0.25) is 0 Å². The molecule has 21 rings (SSSR count). The molecule has 0 bridgehead atoms. The van der Waals surface area contributed by atoms with Gasteiger partial charge < -0.3 is 18.6 Å². The average molecular weight is 1620 g/mol. The number of allylic oxidation sites excluding steroid dienone is 3. The number of para-hydroxylation sites is 4. The molecule has 18 aromatic carbocycles. The molecule has 0 amide bonds. The Hall–Kier alpha value is -14.1. The third-order valence-corrected chi connectivity index (χ3v) is 26.9. The van der Waals surface area contributed by atoms with Gasteiger partial charge in [0.2, 0.25) is 0 Å². The van der Waals surface area contributed by atoms with Gasteiger partial charge >= 0.3 is 0 Å². The van der Waals surface area contributed by atoms with E-state index in [1.807, 2.05) is 0 Å². The smallest absolute Gasteiger partial charge is 0.137 e. The zero-order chi connectivity index (χ0) is 85.4. The maximum absolute atomic E-state index is 6.75. The minimum Gasteiger partial charge on any atom is -0.456 e. The van der Waals surface area contributed by atoms with Crippen LogP contribution in [0.5, 0.6) is 0 Å². The summed E-state index contributed by atoms with van der Waals surface area (Å²) in [6.07, 6.45) is 8.89. The highest BCUT2D eigenvalue weighted by Crippen LogP contribution is 2.53. The Morgan fingerprint density at radius 3 is 1.29 bits per heavy atom. The second-order valence-electron chi connectivity index (χ2n) is 38.7. The molecule has 0 aliphatic heterocycles. The molecule has 1 aliphatic rings. The van der Waals surface area contributed by atoms with Crippen LogP contribution < -0.4 is 9.80 Å². The Kier molecular flexibility index (Phi) is 18.9. The first kappa shape index (κ1) is 78.2. The summed E-state index contributed by atoms with van der Waals surface area (Å²) in [6, 6.07) is 134. The van der Waals surface area contributed by atoms with Crippen molar-refractivity contribution in [1.82, 2.24) is 0 Å². The number of rotatable bonds is 15. The van der Waals surface area contributed by atoms with Crippen LogP contribution in [0.1, 0.15) is 123 Å². The Morgan fingerprint density at radius 1 is 0.288 bits per heavy atom. The van der Waals surface area contributed by atoms with Gasteiger partial charge in [-0.25, -0.2) is 0 Å². The monoisotopic (exact) mass is 1610 g/mol. The van der Waals surface area contributed by atoms with Crippen LogP contribution in [-0.4, -0.2) is 0 Å². The van der Waals surface area contributed by atoms with Crippen molar-refractivity contribution >= 4 is 126 Å². The van der Waals surface area contributed by atoms with E-state index in [2.05, 4.69) is 469 Å². The van der Waals surface area contributed by atoms with Gasteiger partial charge in [-0.2, -0.15) is 0 Å². The summed E-state index contributed by atoms with van der Waals surface area (Å²) >= 11 is 0. The fourth-order valence-corrected chi connectivity index (χ4v) is 20.0. The summed E-state index contributed by atoms with van der Waals surface area (Å²) in [5, 5.41) is 16.6. The molecule has 2 heterocycles. The summed E-state index contributed by atoms with van der Waals surface area (Å²) in [7, 11) is 0. The van der Waals surface area contributed by atoms with Crippen LogP contribution in [0.25, 0.3) is 153 Å². The Labute approximate surface area is 733 Å². The van der Waals surface area contributed by atoms with E-state index >= 15 is 0 Å². The summed E-state index contributed by atoms with van der Waals surface area (Å²) in [5.74, 6) is 0. The SMILES string of the molecule is CC(C)(C)c1cc(-c2cccc3cccc(-c4ccccc4N(c4cccc(-c5cccc6c5ccc5c(CC(C)(C)c7cc(-c8cccc9cccc(-c%10ccccc%10N(C%10=CCC(C)(c%11ccc%12ccccc%12c%11)C=C%10)c%10cccc%11oc%12ccccc%12c%10%11)c89)cc(C(C)(C)C)c7)cccc56)c4)c4cccc5oc6ccccc6c45)c23)cc(C(C)(C)C)c1. The van der Waals surface area contributed by atoms with Gasteiger partial charge in [0.25, 0.3) is 0 Å². The predicted octanol–water partition coefficient (Wildman–Crippen LogP) is 34.4. The Bertz CT molecular complexity index is 7760. The molecule has 608 valence electrons. The van der Waals surface area contributed by atoms with Crippen molar-refractivity contribution in [1.29, 1.82) is 0 Å². The van der Waals surface area contributed by atoms with Gasteiger partial charge in [-0.3, -0.25) is 0 Å². The van der Waals surface area contributed by atoms with Crippen LogP contribution in [-0.2, 0) is 33.5 Å². The average Bonchev–Trinajstić information content (AvgIpc) is 1.70. The van der Waals surface area contributed by atoms with E-state index in [1.54, 1.807) is 0 Å². The van der Waals surface area contributed by atoms with E-state index in [-0.39, 0.29) is 27.1 Å². The van der Waals surface area contributed by atoms with Gasteiger partial charge in [-0.1, -0.05) is 392 Å². The molecular formula is C121H102N2O2. The first-order chi connectivity index (χ1) is 60.5. The van der Waals surface area contributed by atoms with E-state index in [1.165, 1.54) is 126 Å². The van der Waals surface area contributed by atoms with Crippen molar-refractivity contribution in [3.63, 3.8) is 0 Å². The van der Waals surface area contributed by atoms with Gasteiger partial charge in [0.05, 0.1) is 33.5 Å². The minimum absolute atomic E-state index is 0.0532. The van der Waals surface area contributed by atoms with Crippen molar-refractivity contribution in [2.24, 2.45) is 0 Å². The van der Waals surface area contributed by atoms with Crippen LogP contribution in [0.15, 0.2) is 391 Å². The predicted molar refractivity (Wildman–Crippen MR) is 534 cm³/mol. The van der Waals surface area contributed by atoms with Gasteiger partial charge in [-0.15, -0.1) is 0 Å². The molecule has 125 heavy (non-hydrogen) atoms. The van der Waals surface area contributed by atoms with Gasteiger partial charge in [-0.05, 0) is 233 Å². The molecule has 20 aromatic rings. The number of hydrogen-bond acceptors (Lipinski definition) is 4. The normalized spacial score (nSPS) is 14.1.